The van der Waals surface area contributed by atoms with Crippen molar-refractivity contribution in [2.24, 2.45) is 0 Å². The van der Waals surface area contributed by atoms with E-state index in [-0.39, 0.29) is 5.56 Å². The minimum atomic E-state index is -4.56. The van der Waals surface area contributed by atoms with Crippen LogP contribution in [0.15, 0.2) is 24.3 Å². The highest BCUT2D eigenvalue weighted by Crippen LogP contribution is 2.31. The third kappa shape index (κ3) is 3.86. The van der Waals surface area contributed by atoms with Crippen LogP contribution in [0.4, 0.5) is 13.2 Å². The lowest BCUT2D eigenvalue weighted by molar-refractivity contribution is -0.467. The van der Waals surface area contributed by atoms with Crippen LogP contribution < -0.4 is 0 Å². The summed E-state index contributed by atoms with van der Waals surface area (Å²) < 4.78 is 37.5. The largest absolute Gasteiger partial charge is 0.416 e. The van der Waals surface area contributed by atoms with Crippen molar-refractivity contribution in [3.63, 3.8) is 0 Å². The number of carbonyl (C=O) groups excluding carboxylic acids is 1. The lowest BCUT2D eigenvalue weighted by Crippen LogP contribution is -2.18. The Morgan fingerprint density at radius 3 is 2.41 bits per heavy atom. The van der Waals surface area contributed by atoms with Crippen molar-refractivity contribution in [2.45, 2.75) is 12.6 Å². The number of alkyl halides is 3. The Morgan fingerprint density at radius 2 is 1.88 bits per heavy atom. The highest BCUT2D eigenvalue weighted by molar-refractivity contribution is 5.82. The summed E-state index contributed by atoms with van der Waals surface area (Å²) in [6.45, 7) is -0.966. The summed E-state index contributed by atoms with van der Waals surface area (Å²) in [7, 11) is 0. The summed E-state index contributed by atoms with van der Waals surface area (Å²) in [5.74, 6) is -0.855. The van der Waals surface area contributed by atoms with Crippen LogP contribution >= 0.6 is 0 Å². The van der Waals surface area contributed by atoms with Gasteiger partial charge in [-0.25, -0.2) is 0 Å². The Balaban J connectivity index is 2.92. The third-order valence-electron chi connectivity index (χ3n) is 2.02. The molecule has 17 heavy (non-hydrogen) atoms. The molecule has 0 aliphatic carbocycles. The molecule has 1 aromatic rings. The minimum absolute atomic E-state index is 0.244. The Bertz CT molecular complexity index is 443. The molecule has 7 heteroatoms. The molecule has 1 aromatic carbocycles. The standard InChI is InChI=1S/C10H8F3NO3/c11-10(12,13)9-4-2-1-3-7(9)5-8(15)6-14(16)17/h1-4H,5-6H2. The maximum absolute atomic E-state index is 12.5. The molecule has 0 aliphatic rings. The first-order chi connectivity index (χ1) is 7.80. The van der Waals surface area contributed by atoms with E-state index in [0.717, 1.165) is 12.1 Å². The molecule has 0 fully saturated rings. The van der Waals surface area contributed by atoms with Gasteiger partial charge < -0.3 is 0 Å². The van der Waals surface area contributed by atoms with Gasteiger partial charge in [0.05, 0.1) is 5.56 Å². The molecule has 0 saturated carbocycles. The molecular weight excluding hydrogens is 239 g/mol. The summed E-state index contributed by atoms with van der Waals surface area (Å²) >= 11 is 0. The van der Waals surface area contributed by atoms with Crippen LogP contribution in [0.3, 0.4) is 0 Å². The van der Waals surface area contributed by atoms with Gasteiger partial charge in [-0.1, -0.05) is 18.2 Å². The predicted octanol–water partition coefficient (Wildman–Crippen LogP) is 2.09. The van der Waals surface area contributed by atoms with E-state index >= 15 is 0 Å². The van der Waals surface area contributed by atoms with Crippen LogP contribution in [-0.2, 0) is 17.4 Å². The van der Waals surface area contributed by atoms with Gasteiger partial charge in [-0.15, -0.1) is 0 Å². The summed E-state index contributed by atoms with van der Waals surface area (Å²) in [6.07, 6.45) is -5.15. The Hall–Kier alpha value is -1.92. The fourth-order valence-electron chi connectivity index (χ4n) is 1.36. The summed E-state index contributed by atoms with van der Waals surface area (Å²) in [5, 5.41) is 10.0. The van der Waals surface area contributed by atoms with E-state index in [1.807, 2.05) is 0 Å². The Kier molecular flexibility index (Phi) is 3.82. The maximum atomic E-state index is 12.5. The molecule has 0 bridgehead atoms. The van der Waals surface area contributed by atoms with Gasteiger partial charge in [-0.2, -0.15) is 13.2 Å². The Labute approximate surface area is 94.2 Å². The van der Waals surface area contributed by atoms with Crippen LogP contribution in [0.2, 0.25) is 0 Å². The summed E-state index contributed by atoms with van der Waals surface area (Å²) in [4.78, 5) is 20.3. The van der Waals surface area contributed by atoms with Gasteiger partial charge in [0.1, 0.15) is 0 Å². The number of halogens is 3. The number of benzene rings is 1. The fraction of sp³-hybridized carbons (Fsp3) is 0.300. The van der Waals surface area contributed by atoms with Crippen molar-refractivity contribution >= 4 is 5.78 Å². The lowest BCUT2D eigenvalue weighted by atomic mass is 10.0. The first kappa shape index (κ1) is 13.1. The second kappa shape index (κ2) is 4.94. The second-order valence-corrected chi connectivity index (χ2v) is 3.36. The first-order valence-corrected chi connectivity index (χ1v) is 4.59. The van der Waals surface area contributed by atoms with Gasteiger partial charge in [0.25, 0.3) is 6.54 Å². The molecule has 0 amide bonds. The van der Waals surface area contributed by atoms with Crippen LogP contribution in [-0.4, -0.2) is 17.3 Å². The molecule has 1 rings (SSSR count). The Morgan fingerprint density at radius 1 is 1.29 bits per heavy atom. The zero-order chi connectivity index (χ0) is 13.1. The van der Waals surface area contributed by atoms with Crippen LogP contribution in [0.5, 0.6) is 0 Å². The van der Waals surface area contributed by atoms with E-state index in [9.17, 15) is 28.1 Å². The number of rotatable bonds is 4. The van der Waals surface area contributed by atoms with E-state index < -0.39 is 35.4 Å². The summed E-state index contributed by atoms with van der Waals surface area (Å²) in [5.41, 5.74) is -1.18. The molecule has 0 saturated heterocycles. The molecule has 0 unspecified atom stereocenters. The van der Waals surface area contributed by atoms with Crippen molar-refractivity contribution in [1.29, 1.82) is 0 Å². The molecule has 0 aromatic heterocycles. The van der Waals surface area contributed by atoms with Crippen LogP contribution in [0.25, 0.3) is 0 Å². The number of nitro groups is 1. The molecular formula is C10H8F3NO3. The quantitative estimate of drug-likeness (QED) is 0.604. The number of hydrogen-bond donors (Lipinski definition) is 0. The molecule has 0 radical (unpaired) electrons. The molecule has 0 N–H and O–H groups in total. The van der Waals surface area contributed by atoms with Gasteiger partial charge in [-0.05, 0) is 11.6 Å². The van der Waals surface area contributed by atoms with Crippen molar-refractivity contribution in [2.75, 3.05) is 6.54 Å². The number of ketones is 1. The summed E-state index contributed by atoms with van der Waals surface area (Å²) in [6, 6.07) is 4.53. The molecule has 0 atom stereocenters. The van der Waals surface area contributed by atoms with Crippen molar-refractivity contribution in [1.82, 2.24) is 0 Å². The van der Waals surface area contributed by atoms with Gasteiger partial charge in [0, 0.05) is 11.3 Å². The van der Waals surface area contributed by atoms with Crippen LogP contribution in [0.1, 0.15) is 11.1 Å². The monoisotopic (exact) mass is 247 g/mol. The molecule has 0 spiro atoms. The lowest BCUT2D eigenvalue weighted by Gasteiger charge is -2.11. The fourth-order valence-corrected chi connectivity index (χ4v) is 1.36. The molecule has 0 aliphatic heterocycles. The number of Topliss-reactive ketones (excluding diaryl/α,β-unsaturated/α-hetero) is 1. The van der Waals surface area contributed by atoms with Gasteiger partial charge >= 0.3 is 6.18 Å². The minimum Gasteiger partial charge on any atom is -0.292 e. The van der Waals surface area contributed by atoms with Gasteiger partial charge in [0.15, 0.2) is 0 Å². The van der Waals surface area contributed by atoms with Crippen molar-refractivity contribution < 1.29 is 22.9 Å². The number of nitrogens with zero attached hydrogens (tertiary/aromatic N) is 1. The average Bonchev–Trinajstić information content (AvgIpc) is 2.15. The van der Waals surface area contributed by atoms with Crippen molar-refractivity contribution in [3.8, 4) is 0 Å². The van der Waals surface area contributed by atoms with E-state index in [1.54, 1.807) is 0 Å². The highest BCUT2D eigenvalue weighted by atomic mass is 19.4. The van der Waals surface area contributed by atoms with Crippen LogP contribution in [0, 0.1) is 10.1 Å². The van der Waals surface area contributed by atoms with E-state index in [1.165, 1.54) is 12.1 Å². The van der Waals surface area contributed by atoms with E-state index in [4.69, 9.17) is 0 Å². The maximum Gasteiger partial charge on any atom is 0.416 e. The second-order valence-electron chi connectivity index (χ2n) is 3.36. The zero-order valence-corrected chi connectivity index (χ0v) is 8.53. The van der Waals surface area contributed by atoms with Gasteiger partial charge in [-0.3, -0.25) is 14.9 Å². The predicted molar refractivity (Wildman–Crippen MR) is 52.0 cm³/mol. The zero-order valence-electron chi connectivity index (χ0n) is 8.53. The average molecular weight is 247 g/mol. The SMILES string of the molecule is O=C(Cc1ccccc1C(F)(F)F)C[N+](=O)[O-]. The topological polar surface area (TPSA) is 60.2 Å². The van der Waals surface area contributed by atoms with Crippen molar-refractivity contribution in [3.05, 3.63) is 45.5 Å². The molecule has 92 valence electrons. The van der Waals surface area contributed by atoms with E-state index in [2.05, 4.69) is 0 Å². The first-order valence-electron chi connectivity index (χ1n) is 4.59. The molecule has 0 heterocycles. The molecule has 4 nitrogen and oxygen atoms in total. The van der Waals surface area contributed by atoms with Gasteiger partial charge in [0.2, 0.25) is 5.78 Å². The number of hydrogen-bond acceptors (Lipinski definition) is 3. The normalized spacial score (nSPS) is 11.2. The smallest absolute Gasteiger partial charge is 0.292 e. The number of carbonyl (C=O) groups is 1. The highest BCUT2D eigenvalue weighted by Gasteiger charge is 2.33. The van der Waals surface area contributed by atoms with E-state index in [0.29, 0.717) is 0 Å². The third-order valence-corrected chi connectivity index (χ3v) is 2.02.